The number of rotatable bonds is 5. The second-order valence-electron chi connectivity index (χ2n) is 6.23. The topological polar surface area (TPSA) is 70.4 Å². The highest BCUT2D eigenvalue weighted by molar-refractivity contribution is 5.96. The molecule has 2 aromatic rings. The molecule has 1 fully saturated rings. The van der Waals surface area contributed by atoms with E-state index in [1.807, 2.05) is 60.7 Å². The Balaban J connectivity index is 2.08. The summed E-state index contributed by atoms with van der Waals surface area (Å²) in [6.45, 7) is 2.03. The lowest BCUT2D eigenvalue weighted by Gasteiger charge is -2.34. The minimum Gasteiger partial charge on any atom is -0.463 e. The Morgan fingerprint density at radius 2 is 1.81 bits per heavy atom. The van der Waals surface area contributed by atoms with E-state index in [2.05, 4.69) is 6.07 Å². The fourth-order valence-electron chi connectivity index (χ4n) is 3.52. The number of amides is 1. The van der Waals surface area contributed by atoms with Crippen LogP contribution in [0.2, 0.25) is 0 Å². The van der Waals surface area contributed by atoms with Gasteiger partial charge in [0.2, 0.25) is 11.4 Å². The number of carbonyl (C=O) groups excluding carboxylic acids is 2. The predicted molar refractivity (Wildman–Crippen MR) is 95.8 cm³/mol. The average molecular weight is 348 g/mol. The average Bonchev–Trinajstić information content (AvgIpc) is 2.96. The first-order valence-corrected chi connectivity index (χ1v) is 8.61. The highest BCUT2D eigenvalue weighted by Gasteiger charge is 2.60. The molecule has 5 nitrogen and oxygen atoms in total. The van der Waals surface area contributed by atoms with E-state index in [4.69, 9.17) is 4.74 Å². The molecule has 1 aliphatic rings. The quantitative estimate of drug-likeness (QED) is 0.779. The van der Waals surface area contributed by atoms with E-state index in [1.165, 1.54) is 4.90 Å². The second kappa shape index (κ2) is 7.40. The third-order valence-corrected chi connectivity index (χ3v) is 4.75. The molecule has 0 aromatic heterocycles. The first-order chi connectivity index (χ1) is 12.6. The smallest absolute Gasteiger partial charge is 0.347 e. The van der Waals surface area contributed by atoms with Crippen LogP contribution in [0, 0.1) is 11.3 Å². The van der Waals surface area contributed by atoms with E-state index in [0.29, 0.717) is 0 Å². The van der Waals surface area contributed by atoms with Crippen molar-refractivity contribution >= 4 is 11.9 Å². The Hall–Kier alpha value is -3.13. The van der Waals surface area contributed by atoms with Crippen LogP contribution in [0.3, 0.4) is 0 Å². The van der Waals surface area contributed by atoms with Gasteiger partial charge in [0, 0.05) is 18.9 Å². The van der Waals surface area contributed by atoms with Crippen molar-refractivity contribution in [2.75, 3.05) is 6.61 Å². The lowest BCUT2D eigenvalue weighted by molar-refractivity contribution is -0.157. The van der Waals surface area contributed by atoms with E-state index in [1.54, 1.807) is 6.92 Å². The van der Waals surface area contributed by atoms with Crippen LogP contribution in [-0.2, 0) is 20.9 Å². The SMILES string of the molecule is CCOC(=O)[C@]1(C#N)[C@H](c2ccccc2)CC(=O)N1Cc1ccccc1. The van der Waals surface area contributed by atoms with E-state index in [9.17, 15) is 14.9 Å². The highest BCUT2D eigenvalue weighted by atomic mass is 16.5. The predicted octanol–water partition coefficient (Wildman–Crippen LogP) is 3.03. The fraction of sp³-hybridized carbons (Fsp3) is 0.286. The molecule has 2 atom stereocenters. The number of nitrogens with zero attached hydrogens (tertiary/aromatic N) is 2. The van der Waals surface area contributed by atoms with Crippen LogP contribution in [0.25, 0.3) is 0 Å². The molecule has 0 saturated carbocycles. The molecule has 0 bridgehead atoms. The Morgan fingerprint density at radius 3 is 2.38 bits per heavy atom. The number of nitriles is 1. The molecular formula is C21H20N2O3. The molecule has 26 heavy (non-hydrogen) atoms. The third kappa shape index (κ3) is 2.95. The van der Waals surface area contributed by atoms with Crippen molar-refractivity contribution in [3.05, 3.63) is 71.8 Å². The molecule has 2 aromatic carbocycles. The number of benzene rings is 2. The van der Waals surface area contributed by atoms with Crippen molar-refractivity contribution in [3.63, 3.8) is 0 Å². The summed E-state index contributed by atoms with van der Waals surface area (Å²) in [7, 11) is 0. The van der Waals surface area contributed by atoms with Gasteiger partial charge in [-0.1, -0.05) is 60.7 Å². The summed E-state index contributed by atoms with van der Waals surface area (Å²) in [6, 6.07) is 20.7. The summed E-state index contributed by atoms with van der Waals surface area (Å²) in [5.74, 6) is -1.46. The standard InChI is InChI=1S/C21H20N2O3/c1-2-26-20(25)21(15-22)18(17-11-7-4-8-12-17)13-19(24)23(21)14-16-9-5-3-6-10-16/h3-12,18H,2,13-14H2,1H3/t18-,21-/m0/s1. The highest BCUT2D eigenvalue weighted by Crippen LogP contribution is 2.44. The van der Waals surface area contributed by atoms with E-state index < -0.39 is 17.4 Å². The number of carbonyl (C=O) groups is 2. The van der Waals surface area contributed by atoms with Crippen molar-refractivity contribution in [2.45, 2.75) is 31.3 Å². The molecule has 0 radical (unpaired) electrons. The van der Waals surface area contributed by atoms with E-state index in [-0.39, 0.29) is 25.5 Å². The summed E-state index contributed by atoms with van der Waals surface area (Å²) >= 11 is 0. The van der Waals surface area contributed by atoms with Gasteiger partial charge in [0.25, 0.3) is 0 Å². The molecule has 1 amide bonds. The molecule has 1 heterocycles. The van der Waals surface area contributed by atoms with Gasteiger partial charge in [-0.15, -0.1) is 0 Å². The monoisotopic (exact) mass is 348 g/mol. The lowest BCUT2D eigenvalue weighted by atomic mass is 9.80. The van der Waals surface area contributed by atoms with Crippen LogP contribution in [-0.4, -0.2) is 28.9 Å². The van der Waals surface area contributed by atoms with Gasteiger partial charge in [0.15, 0.2) is 0 Å². The number of ether oxygens (including phenoxy) is 1. The minimum atomic E-state index is -1.66. The maximum absolute atomic E-state index is 12.9. The van der Waals surface area contributed by atoms with Gasteiger partial charge in [0.1, 0.15) is 6.07 Å². The normalized spacial score (nSPS) is 22.1. The van der Waals surface area contributed by atoms with Gasteiger partial charge >= 0.3 is 5.97 Å². The van der Waals surface area contributed by atoms with Gasteiger partial charge < -0.3 is 9.64 Å². The number of hydrogen-bond acceptors (Lipinski definition) is 4. The molecule has 1 saturated heterocycles. The number of esters is 1. The van der Waals surface area contributed by atoms with Gasteiger partial charge in [-0.25, -0.2) is 4.79 Å². The van der Waals surface area contributed by atoms with Gasteiger partial charge in [-0.3, -0.25) is 4.79 Å². The van der Waals surface area contributed by atoms with Crippen molar-refractivity contribution in [3.8, 4) is 6.07 Å². The van der Waals surface area contributed by atoms with Crippen LogP contribution in [0.15, 0.2) is 60.7 Å². The summed E-state index contributed by atoms with van der Waals surface area (Å²) in [6.07, 6.45) is 0.100. The molecular weight excluding hydrogens is 328 g/mol. The molecule has 5 heteroatoms. The van der Waals surface area contributed by atoms with Crippen molar-refractivity contribution in [1.82, 2.24) is 4.90 Å². The van der Waals surface area contributed by atoms with E-state index in [0.717, 1.165) is 11.1 Å². The first kappa shape index (κ1) is 17.7. The molecule has 3 rings (SSSR count). The zero-order valence-electron chi connectivity index (χ0n) is 14.6. The Morgan fingerprint density at radius 1 is 1.19 bits per heavy atom. The van der Waals surface area contributed by atoms with Crippen LogP contribution in [0.4, 0.5) is 0 Å². The molecule has 1 aliphatic heterocycles. The second-order valence-corrected chi connectivity index (χ2v) is 6.23. The summed E-state index contributed by atoms with van der Waals surface area (Å²) in [5, 5.41) is 10.1. The Kier molecular flexibility index (Phi) is 5.04. The molecule has 0 unspecified atom stereocenters. The number of hydrogen-bond donors (Lipinski definition) is 0. The third-order valence-electron chi connectivity index (χ3n) is 4.75. The van der Waals surface area contributed by atoms with Crippen molar-refractivity contribution in [1.29, 1.82) is 5.26 Å². The zero-order valence-corrected chi connectivity index (χ0v) is 14.6. The molecule has 0 aliphatic carbocycles. The van der Waals surface area contributed by atoms with Crippen LogP contribution in [0.1, 0.15) is 30.4 Å². The summed E-state index contributed by atoms with van der Waals surface area (Å²) in [5.41, 5.74) is -0.0194. The van der Waals surface area contributed by atoms with Crippen LogP contribution in [0.5, 0.6) is 0 Å². The Labute approximate surface area is 152 Å². The van der Waals surface area contributed by atoms with Crippen LogP contribution < -0.4 is 0 Å². The van der Waals surface area contributed by atoms with Gasteiger partial charge in [-0.2, -0.15) is 5.26 Å². The maximum Gasteiger partial charge on any atom is 0.347 e. The maximum atomic E-state index is 12.9. The van der Waals surface area contributed by atoms with Crippen LogP contribution >= 0.6 is 0 Å². The number of likely N-dealkylation sites (tertiary alicyclic amines) is 1. The lowest BCUT2D eigenvalue weighted by Crippen LogP contribution is -2.54. The largest absolute Gasteiger partial charge is 0.463 e. The summed E-state index contributed by atoms with van der Waals surface area (Å²) in [4.78, 5) is 27.1. The van der Waals surface area contributed by atoms with Crippen molar-refractivity contribution < 1.29 is 14.3 Å². The Bertz CT molecular complexity index is 829. The fourth-order valence-corrected chi connectivity index (χ4v) is 3.52. The van der Waals surface area contributed by atoms with Gasteiger partial charge in [-0.05, 0) is 18.1 Å². The molecule has 132 valence electrons. The zero-order chi connectivity index (χ0) is 18.6. The first-order valence-electron chi connectivity index (χ1n) is 8.61. The van der Waals surface area contributed by atoms with Gasteiger partial charge in [0.05, 0.1) is 6.61 Å². The molecule has 0 N–H and O–H groups in total. The summed E-state index contributed by atoms with van der Waals surface area (Å²) < 4.78 is 5.23. The van der Waals surface area contributed by atoms with Crippen molar-refractivity contribution in [2.24, 2.45) is 0 Å². The molecule has 0 spiro atoms. The minimum absolute atomic E-state index is 0.100. The van der Waals surface area contributed by atoms with E-state index >= 15 is 0 Å².